The zero-order chi connectivity index (χ0) is 12.5. The molecule has 0 atom stereocenters. The molecule has 2 rings (SSSR count). The lowest BCUT2D eigenvalue weighted by Crippen LogP contribution is -2.29. The third-order valence-electron chi connectivity index (χ3n) is 2.23. The van der Waals surface area contributed by atoms with Gasteiger partial charge < -0.3 is 9.76 Å². The standard InChI is InChI=1S/C12H13BFO2S/c1-12(2,15)7-16-13-9-6-17-11-8(9)4-3-5-10(11)14/h3-6,15H,7H2,1-2H3. The summed E-state index contributed by atoms with van der Waals surface area (Å²) in [5.41, 5.74) is -0.0260. The zero-order valence-electron chi connectivity index (χ0n) is 9.74. The fraction of sp³-hybridized carbons (Fsp3) is 0.333. The predicted octanol–water partition coefficient (Wildman–Crippen LogP) is 2.07. The maximum atomic E-state index is 13.4. The van der Waals surface area contributed by atoms with Gasteiger partial charge in [-0.15, -0.1) is 11.3 Å². The van der Waals surface area contributed by atoms with Crippen molar-refractivity contribution in [2.75, 3.05) is 6.61 Å². The highest BCUT2D eigenvalue weighted by atomic mass is 32.1. The van der Waals surface area contributed by atoms with Gasteiger partial charge in [-0.25, -0.2) is 4.39 Å². The summed E-state index contributed by atoms with van der Waals surface area (Å²) in [6, 6.07) is 4.98. The molecule has 0 spiro atoms. The van der Waals surface area contributed by atoms with E-state index in [1.165, 1.54) is 17.4 Å². The molecule has 2 aromatic rings. The number of fused-ring (bicyclic) bond motifs is 1. The molecule has 5 heteroatoms. The van der Waals surface area contributed by atoms with Gasteiger partial charge in [0.15, 0.2) is 0 Å². The summed E-state index contributed by atoms with van der Waals surface area (Å²) < 4.78 is 19.4. The number of halogens is 1. The minimum absolute atomic E-state index is 0.208. The minimum Gasteiger partial charge on any atom is -0.431 e. The van der Waals surface area contributed by atoms with Crippen LogP contribution >= 0.6 is 11.3 Å². The monoisotopic (exact) mass is 251 g/mol. The maximum absolute atomic E-state index is 13.4. The van der Waals surface area contributed by atoms with Crippen LogP contribution < -0.4 is 5.46 Å². The third-order valence-corrected chi connectivity index (χ3v) is 3.25. The van der Waals surface area contributed by atoms with Crippen molar-refractivity contribution in [2.45, 2.75) is 19.4 Å². The Morgan fingerprint density at radius 2 is 2.24 bits per heavy atom. The van der Waals surface area contributed by atoms with Crippen molar-refractivity contribution in [2.24, 2.45) is 0 Å². The van der Waals surface area contributed by atoms with Crippen LogP contribution in [0.5, 0.6) is 0 Å². The molecule has 0 saturated heterocycles. The van der Waals surface area contributed by atoms with Gasteiger partial charge in [-0.1, -0.05) is 12.1 Å². The molecule has 2 nitrogen and oxygen atoms in total. The summed E-state index contributed by atoms with van der Waals surface area (Å²) in [7, 11) is 1.57. The van der Waals surface area contributed by atoms with E-state index in [9.17, 15) is 9.50 Å². The van der Waals surface area contributed by atoms with E-state index >= 15 is 0 Å². The number of thiophene rings is 1. The highest BCUT2D eigenvalue weighted by Crippen LogP contribution is 2.21. The van der Waals surface area contributed by atoms with Crippen LogP contribution in [0.4, 0.5) is 4.39 Å². The van der Waals surface area contributed by atoms with Gasteiger partial charge >= 0.3 is 7.48 Å². The van der Waals surface area contributed by atoms with Gasteiger partial charge in [0.1, 0.15) is 5.82 Å². The maximum Gasteiger partial charge on any atom is 0.331 e. The second-order valence-corrected chi connectivity index (χ2v) is 5.43. The molecule has 0 unspecified atom stereocenters. The Morgan fingerprint density at radius 1 is 1.47 bits per heavy atom. The van der Waals surface area contributed by atoms with E-state index in [-0.39, 0.29) is 12.4 Å². The number of hydrogen-bond donors (Lipinski definition) is 1. The van der Waals surface area contributed by atoms with E-state index < -0.39 is 5.60 Å². The summed E-state index contributed by atoms with van der Waals surface area (Å²) in [6.07, 6.45) is 0. The highest BCUT2D eigenvalue weighted by Gasteiger charge is 2.14. The van der Waals surface area contributed by atoms with E-state index in [1.807, 2.05) is 11.4 Å². The lowest BCUT2D eigenvalue weighted by atomic mass is 9.87. The molecule has 89 valence electrons. The number of hydrogen-bond acceptors (Lipinski definition) is 3. The van der Waals surface area contributed by atoms with Gasteiger partial charge in [-0.2, -0.15) is 0 Å². The second-order valence-electron chi connectivity index (χ2n) is 4.55. The van der Waals surface area contributed by atoms with Crippen LogP contribution in [0, 0.1) is 5.82 Å². The van der Waals surface area contributed by atoms with Gasteiger partial charge in [0.2, 0.25) is 0 Å². The Hall–Kier alpha value is -0.905. The number of benzene rings is 1. The van der Waals surface area contributed by atoms with Crippen molar-refractivity contribution in [3.8, 4) is 0 Å². The number of rotatable bonds is 4. The highest BCUT2D eigenvalue weighted by molar-refractivity contribution is 7.18. The van der Waals surface area contributed by atoms with Gasteiger partial charge in [0, 0.05) is 0 Å². The Morgan fingerprint density at radius 3 is 2.94 bits per heavy atom. The Bertz CT molecular complexity index is 519. The van der Waals surface area contributed by atoms with Crippen LogP contribution in [0.3, 0.4) is 0 Å². The topological polar surface area (TPSA) is 29.5 Å². The van der Waals surface area contributed by atoms with Crippen molar-refractivity contribution in [3.05, 3.63) is 29.4 Å². The first-order chi connectivity index (χ1) is 7.97. The Labute approximate surface area is 104 Å². The first kappa shape index (κ1) is 12.5. The quantitative estimate of drug-likeness (QED) is 0.843. The van der Waals surface area contributed by atoms with Gasteiger partial charge in [-0.3, -0.25) is 0 Å². The molecule has 0 saturated carbocycles. The number of aliphatic hydroxyl groups is 1. The summed E-state index contributed by atoms with van der Waals surface area (Å²) in [5.74, 6) is -0.213. The molecule has 17 heavy (non-hydrogen) atoms. The molecule has 0 aliphatic heterocycles. The van der Waals surface area contributed by atoms with E-state index in [1.54, 1.807) is 27.4 Å². The second kappa shape index (κ2) is 4.76. The van der Waals surface area contributed by atoms with Crippen LogP contribution in [0.25, 0.3) is 10.1 Å². The molecular formula is C12H13BFO2S. The van der Waals surface area contributed by atoms with Gasteiger partial charge in [-0.05, 0) is 36.1 Å². The van der Waals surface area contributed by atoms with Crippen molar-refractivity contribution >= 4 is 34.4 Å². The van der Waals surface area contributed by atoms with E-state index in [0.29, 0.717) is 4.70 Å². The predicted molar refractivity (Wildman–Crippen MR) is 69.4 cm³/mol. The zero-order valence-corrected chi connectivity index (χ0v) is 10.6. The molecule has 0 amide bonds. The minimum atomic E-state index is -0.867. The van der Waals surface area contributed by atoms with Crippen LogP contribution in [0.1, 0.15) is 13.8 Å². The largest absolute Gasteiger partial charge is 0.431 e. The fourth-order valence-corrected chi connectivity index (χ4v) is 2.39. The molecule has 1 radical (unpaired) electrons. The van der Waals surface area contributed by atoms with Crippen molar-refractivity contribution in [3.63, 3.8) is 0 Å². The molecule has 0 fully saturated rings. The van der Waals surface area contributed by atoms with Crippen molar-refractivity contribution in [1.82, 2.24) is 0 Å². The van der Waals surface area contributed by atoms with Crippen molar-refractivity contribution in [1.29, 1.82) is 0 Å². The normalized spacial score (nSPS) is 12.0. The first-order valence-corrected chi connectivity index (χ1v) is 6.18. The molecule has 1 N–H and O–H groups in total. The first-order valence-electron chi connectivity index (χ1n) is 5.30. The van der Waals surface area contributed by atoms with Crippen LogP contribution in [-0.2, 0) is 4.65 Å². The average Bonchev–Trinajstić information content (AvgIpc) is 2.61. The van der Waals surface area contributed by atoms with Gasteiger partial charge in [0.05, 0.1) is 16.9 Å². The smallest absolute Gasteiger partial charge is 0.331 e. The summed E-state index contributed by atoms with van der Waals surface area (Å²) in [4.78, 5) is 0. The Balaban J connectivity index is 2.12. The molecule has 1 aromatic heterocycles. The summed E-state index contributed by atoms with van der Waals surface area (Å²) in [6.45, 7) is 3.55. The van der Waals surface area contributed by atoms with Crippen molar-refractivity contribution < 1.29 is 14.2 Å². The molecule has 1 heterocycles. The van der Waals surface area contributed by atoms with E-state index in [4.69, 9.17) is 4.65 Å². The lowest BCUT2D eigenvalue weighted by Gasteiger charge is -2.16. The third kappa shape index (κ3) is 3.06. The van der Waals surface area contributed by atoms with Gasteiger partial charge in [0.25, 0.3) is 0 Å². The Kier molecular flexibility index (Phi) is 3.52. The van der Waals surface area contributed by atoms with Crippen LogP contribution in [0.2, 0.25) is 0 Å². The summed E-state index contributed by atoms with van der Waals surface area (Å²) in [5, 5.41) is 12.2. The molecular weight excluding hydrogens is 238 g/mol. The van der Waals surface area contributed by atoms with E-state index in [0.717, 1.165) is 10.8 Å². The average molecular weight is 251 g/mol. The summed E-state index contributed by atoms with van der Waals surface area (Å²) >= 11 is 1.35. The SMILES string of the molecule is CC(C)(O)CO[B]c1csc2c(F)cccc12. The molecule has 0 aliphatic carbocycles. The molecule has 0 aliphatic rings. The fourth-order valence-electron chi connectivity index (χ4n) is 1.47. The molecule has 1 aromatic carbocycles. The van der Waals surface area contributed by atoms with Crippen LogP contribution in [-0.4, -0.2) is 24.8 Å². The molecule has 0 bridgehead atoms. The lowest BCUT2D eigenvalue weighted by molar-refractivity contribution is 0.0304. The van der Waals surface area contributed by atoms with E-state index in [2.05, 4.69) is 0 Å². The van der Waals surface area contributed by atoms with Crippen LogP contribution in [0.15, 0.2) is 23.6 Å².